The van der Waals surface area contributed by atoms with E-state index in [2.05, 4.69) is 10.3 Å². The molecule has 108 valence electrons. The molecule has 2 aromatic rings. The molecule has 0 aliphatic carbocycles. The Morgan fingerprint density at radius 2 is 2.10 bits per heavy atom. The molecule has 4 nitrogen and oxygen atoms in total. The van der Waals surface area contributed by atoms with Gasteiger partial charge in [-0.25, -0.2) is 4.98 Å². The summed E-state index contributed by atoms with van der Waals surface area (Å²) < 4.78 is 0. The number of thiazole rings is 1. The number of nitrogens with two attached hydrogens (primary N) is 1. The Kier molecular flexibility index (Phi) is 6.71. The minimum Gasteiger partial charge on any atom is -0.349 e. The predicted octanol–water partition coefficient (Wildman–Crippen LogP) is 3.23. The summed E-state index contributed by atoms with van der Waals surface area (Å²) in [4.78, 5) is 16.8. The molecular weight excluding hydrogens is 341 g/mol. The van der Waals surface area contributed by atoms with E-state index in [1.807, 2.05) is 0 Å². The highest BCUT2D eigenvalue weighted by Gasteiger charge is 2.16. The molecule has 0 aliphatic rings. The lowest BCUT2D eigenvalue weighted by Gasteiger charge is -2.05. The van der Waals surface area contributed by atoms with Crippen molar-refractivity contribution in [2.75, 3.05) is 13.1 Å². The molecule has 1 heterocycles. The van der Waals surface area contributed by atoms with Crippen LogP contribution in [0.3, 0.4) is 0 Å². The van der Waals surface area contributed by atoms with E-state index in [1.165, 1.54) is 11.3 Å². The quantitative estimate of drug-likeness (QED) is 0.887. The molecule has 0 radical (unpaired) electrons. The number of carbonyl (C=O) groups is 1. The molecule has 8 heteroatoms. The van der Waals surface area contributed by atoms with E-state index < -0.39 is 0 Å². The van der Waals surface area contributed by atoms with Gasteiger partial charge < -0.3 is 11.1 Å². The number of halogens is 3. The van der Waals surface area contributed by atoms with Crippen molar-refractivity contribution in [3.05, 3.63) is 39.4 Å². The van der Waals surface area contributed by atoms with Crippen LogP contribution in [0.15, 0.2) is 23.7 Å². The van der Waals surface area contributed by atoms with Crippen LogP contribution in [0.25, 0.3) is 10.4 Å². The van der Waals surface area contributed by atoms with Crippen molar-refractivity contribution < 1.29 is 4.79 Å². The van der Waals surface area contributed by atoms with Gasteiger partial charge in [0.15, 0.2) is 0 Å². The van der Waals surface area contributed by atoms with Crippen LogP contribution in [0.5, 0.6) is 0 Å². The molecule has 1 aromatic heterocycles. The van der Waals surface area contributed by atoms with E-state index in [0.717, 1.165) is 10.4 Å². The number of amides is 1. The fourth-order valence-electron chi connectivity index (χ4n) is 1.52. The van der Waals surface area contributed by atoms with E-state index in [4.69, 9.17) is 28.9 Å². The molecule has 1 amide bonds. The van der Waals surface area contributed by atoms with Crippen LogP contribution in [-0.2, 0) is 0 Å². The largest absolute Gasteiger partial charge is 0.349 e. The van der Waals surface area contributed by atoms with E-state index >= 15 is 0 Å². The molecule has 0 fully saturated rings. The molecular formula is C12H12Cl3N3OS. The van der Waals surface area contributed by atoms with Gasteiger partial charge in [-0.3, -0.25) is 4.79 Å². The van der Waals surface area contributed by atoms with E-state index in [0.29, 0.717) is 28.8 Å². The van der Waals surface area contributed by atoms with Crippen molar-refractivity contribution in [3.63, 3.8) is 0 Å². The number of nitrogens with zero attached hydrogens (tertiary/aromatic N) is 1. The molecule has 0 unspecified atom stereocenters. The van der Waals surface area contributed by atoms with E-state index in [1.54, 1.807) is 23.7 Å². The highest BCUT2D eigenvalue weighted by Crippen LogP contribution is 2.32. The normalized spacial score (nSPS) is 9.95. The number of carbonyl (C=O) groups excluding carboxylic acids is 1. The fourth-order valence-corrected chi connectivity index (χ4v) is 2.60. The second-order valence-electron chi connectivity index (χ2n) is 3.70. The van der Waals surface area contributed by atoms with Gasteiger partial charge in [0, 0.05) is 13.1 Å². The monoisotopic (exact) mass is 351 g/mol. The Morgan fingerprint density at radius 3 is 2.75 bits per heavy atom. The summed E-state index contributed by atoms with van der Waals surface area (Å²) in [5.41, 5.74) is 8.16. The number of nitrogens with one attached hydrogen (secondary N) is 1. The van der Waals surface area contributed by atoms with Crippen LogP contribution in [0, 0.1) is 0 Å². The van der Waals surface area contributed by atoms with Gasteiger partial charge in [0.05, 0.1) is 20.4 Å². The SMILES string of the molecule is Cl.NCCNC(=O)c1ncsc1-c1ccc(Cl)c(Cl)c1. The summed E-state index contributed by atoms with van der Waals surface area (Å²) in [5.74, 6) is -0.243. The maximum Gasteiger partial charge on any atom is 0.271 e. The Hall–Kier alpha value is -0.850. The first-order valence-electron chi connectivity index (χ1n) is 5.50. The highest BCUT2D eigenvalue weighted by molar-refractivity contribution is 7.13. The summed E-state index contributed by atoms with van der Waals surface area (Å²) in [7, 11) is 0. The van der Waals surface area contributed by atoms with Crippen molar-refractivity contribution in [1.82, 2.24) is 10.3 Å². The van der Waals surface area contributed by atoms with Gasteiger partial charge in [-0.05, 0) is 17.7 Å². The molecule has 0 aliphatic heterocycles. The zero-order valence-corrected chi connectivity index (χ0v) is 13.4. The lowest BCUT2D eigenvalue weighted by atomic mass is 10.1. The van der Waals surface area contributed by atoms with Crippen LogP contribution in [0.4, 0.5) is 0 Å². The Balaban J connectivity index is 0.00000200. The second kappa shape index (κ2) is 7.81. The lowest BCUT2D eigenvalue weighted by Crippen LogP contribution is -2.29. The number of hydrogen-bond acceptors (Lipinski definition) is 4. The Labute approximate surface area is 136 Å². The number of hydrogen-bond donors (Lipinski definition) is 2. The van der Waals surface area contributed by atoms with Crippen LogP contribution in [0.2, 0.25) is 10.0 Å². The maximum atomic E-state index is 11.9. The van der Waals surface area contributed by atoms with Gasteiger partial charge in [-0.1, -0.05) is 29.3 Å². The average Bonchev–Trinajstić information content (AvgIpc) is 2.88. The zero-order valence-electron chi connectivity index (χ0n) is 10.2. The Morgan fingerprint density at radius 1 is 1.35 bits per heavy atom. The molecule has 2 rings (SSSR count). The smallest absolute Gasteiger partial charge is 0.271 e. The first-order chi connectivity index (χ1) is 9.13. The standard InChI is InChI=1S/C12H11Cl2N3OS.ClH/c13-8-2-1-7(5-9(8)14)11-10(17-6-19-11)12(18)16-4-3-15;/h1-2,5-6H,3-4,15H2,(H,16,18);1H. The van der Waals surface area contributed by atoms with Crippen molar-refractivity contribution in [2.24, 2.45) is 5.73 Å². The summed E-state index contributed by atoms with van der Waals surface area (Å²) in [6.45, 7) is 0.801. The van der Waals surface area contributed by atoms with Crippen LogP contribution in [0.1, 0.15) is 10.5 Å². The van der Waals surface area contributed by atoms with Gasteiger partial charge >= 0.3 is 0 Å². The van der Waals surface area contributed by atoms with Crippen molar-refractivity contribution in [2.45, 2.75) is 0 Å². The van der Waals surface area contributed by atoms with Crippen LogP contribution >= 0.6 is 46.9 Å². The minimum atomic E-state index is -0.243. The van der Waals surface area contributed by atoms with Crippen LogP contribution in [-0.4, -0.2) is 24.0 Å². The third kappa shape index (κ3) is 3.84. The van der Waals surface area contributed by atoms with Crippen LogP contribution < -0.4 is 11.1 Å². The van der Waals surface area contributed by atoms with Gasteiger partial charge in [-0.15, -0.1) is 23.7 Å². The molecule has 1 aromatic carbocycles. The number of rotatable bonds is 4. The Bertz CT molecular complexity index is 603. The predicted molar refractivity (Wildman–Crippen MR) is 86.2 cm³/mol. The van der Waals surface area contributed by atoms with Gasteiger partial charge in [-0.2, -0.15) is 0 Å². The maximum absolute atomic E-state index is 11.9. The molecule has 0 saturated carbocycles. The molecule has 0 bridgehead atoms. The highest BCUT2D eigenvalue weighted by atomic mass is 35.5. The number of aromatic nitrogens is 1. The third-order valence-electron chi connectivity index (χ3n) is 2.39. The minimum absolute atomic E-state index is 0. The van der Waals surface area contributed by atoms with Crippen molar-refractivity contribution in [3.8, 4) is 10.4 Å². The van der Waals surface area contributed by atoms with E-state index in [-0.39, 0.29) is 18.3 Å². The van der Waals surface area contributed by atoms with Crippen molar-refractivity contribution in [1.29, 1.82) is 0 Å². The topological polar surface area (TPSA) is 68.0 Å². The average molecular weight is 353 g/mol. The van der Waals surface area contributed by atoms with Crippen molar-refractivity contribution >= 4 is 52.9 Å². The summed E-state index contributed by atoms with van der Waals surface area (Å²) in [6, 6.07) is 5.22. The first-order valence-corrected chi connectivity index (χ1v) is 7.14. The summed E-state index contributed by atoms with van der Waals surface area (Å²) in [6.07, 6.45) is 0. The molecule has 0 atom stereocenters. The molecule has 0 saturated heterocycles. The first kappa shape index (κ1) is 17.2. The fraction of sp³-hybridized carbons (Fsp3) is 0.167. The van der Waals surface area contributed by atoms with Gasteiger partial charge in [0.2, 0.25) is 0 Å². The van der Waals surface area contributed by atoms with Gasteiger partial charge in [0.25, 0.3) is 5.91 Å². The second-order valence-corrected chi connectivity index (χ2v) is 5.37. The van der Waals surface area contributed by atoms with Gasteiger partial charge in [0.1, 0.15) is 5.69 Å². The zero-order chi connectivity index (χ0) is 13.8. The third-order valence-corrected chi connectivity index (χ3v) is 4.01. The molecule has 0 spiro atoms. The summed E-state index contributed by atoms with van der Waals surface area (Å²) in [5, 5.41) is 3.61. The summed E-state index contributed by atoms with van der Waals surface area (Å²) >= 11 is 13.2. The molecule has 3 N–H and O–H groups in total. The molecule has 20 heavy (non-hydrogen) atoms. The number of benzene rings is 1. The lowest BCUT2D eigenvalue weighted by molar-refractivity contribution is 0.0951. The van der Waals surface area contributed by atoms with E-state index in [9.17, 15) is 4.79 Å².